The topological polar surface area (TPSA) is 57.8 Å². The molecule has 3 heterocycles. The summed E-state index contributed by atoms with van der Waals surface area (Å²) >= 11 is 0. The number of hydrogen-bond acceptors (Lipinski definition) is 3. The summed E-state index contributed by atoms with van der Waals surface area (Å²) in [7, 11) is 0. The number of aromatic nitrogens is 2. The molecule has 0 bridgehead atoms. The fourth-order valence-corrected chi connectivity index (χ4v) is 2.97. The highest BCUT2D eigenvalue weighted by Crippen LogP contribution is 2.20. The molecule has 5 heteroatoms. The summed E-state index contributed by atoms with van der Waals surface area (Å²) < 4.78 is 1.93. The highest BCUT2D eigenvalue weighted by Gasteiger charge is 2.26. The van der Waals surface area contributed by atoms with Crippen molar-refractivity contribution in [3.05, 3.63) is 36.3 Å². The van der Waals surface area contributed by atoms with E-state index in [4.69, 9.17) is 0 Å². The van der Waals surface area contributed by atoms with Crippen LogP contribution in [0.15, 0.2) is 30.6 Å². The maximum absolute atomic E-state index is 12.4. The van der Waals surface area contributed by atoms with Gasteiger partial charge in [0.2, 0.25) is 5.91 Å². The summed E-state index contributed by atoms with van der Waals surface area (Å²) in [6, 6.07) is 5.81. The number of amides is 1. The normalized spacial score (nSPS) is 20.7. The molecule has 112 valence electrons. The lowest BCUT2D eigenvalue weighted by atomic mass is 9.93. The van der Waals surface area contributed by atoms with Crippen molar-refractivity contribution >= 4 is 11.6 Å². The van der Waals surface area contributed by atoms with E-state index in [0.717, 1.165) is 30.7 Å². The van der Waals surface area contributed by atoms with Crippen molar-refractivity contribution < 1.29 is 9.90 Å². The first-order chi connectivity index (χ1) is 10.1. The van der Waals surface area contributed by atoms with Crippen molar-refractivity contribution in [1.82, 2.24) is 14.3 Å². The zero-order valence-electron chi connectivity index (χ0n) is 12.3. The van der Waals surface area contributed by atoms with Gasteiger partial charge in [-0.15, -0.1) is 0 Å². The maximum Gasteiger partial charge on any atom is 0.228 e. The first kappa shape index (κ1) is 14.1. The number of aliphatic hydroxyl groups is 1. The van der Waals surface area contributed by atoms with Gasteiger partial charge in [-0.25, -0.2) is 4.98 Å². The molecule has 0 saturated carbocycles. The van der Waals surface area contributed by atoms with Gasteiger partial charge in [0.1, 0.15) is 5.65 Å². The van der Waals surface area contributed by atoms with Gasteiger partial charge in [-0.05, 0) is 31.9 Å². The first-order valence-corrected chi connectivity index (χ1v) is 7.52. The van der Waals surface area contributed by atoms with Crippen molar-refractivity contribution in [2.24, 2.45) is 5.92 Å². The molecular formula is C16H21N3O2. The highest BCUT2D eigenvalue weighted by atomic mass is 16.3. The molecule has 5 nitrogen and oxygen atoms in total. The molecule has 2 aromatic heterocycles. The average molecular weight is 287 g/mol. The summed E-state index contributed by atoms with van der Waals surface area (Å²) in [5, 5.41) is 9.71. The molecule has 1 saturated heterocycles. The van der Waals surface area contributed by atoms with Crippen LogP contribution < -0.4 is 0 Å². The van der Waals surface area contributed by atoms with E-state index in [0.29, 0.717) is 13.0 Å². The Morgan fingerprint density at radius 2 is 2.38 bits per heavy atom. The second kappa shape index (κ2) is 5.85. The number of pyridine rings is 1. The fourth-order valence-electron chi connectivity index (χ4n) is 2.97. The van der Waals surface area contributed by atoms with Crippen LogP contribution in [0.3, 0.4) is 0 Å². The number of likely N-dealkylation sites (tertiary alicyclic amines) is 1. The Hall–Kier alpha value is -1.88. The molecular weight excluding hydrogens is 266 g/mol. The predicted molar refractivity (Wildman–Crippen MR) is 79.9 cm³/mol. The minimum Gasteiger partial charge on any atom is -0.393 e. The van der Waals surface area contributed by atoms with E-state index in [9.17, 15) is 9.90 Å². The summed E-state index contributed by atoms with van der Waals surface area (Å²) in [5.41, 5.74) is 1.66. The molecule has 1 aliphatic heterocycles. The third kappa shape index (κ3) is 3.08. The second-order valence-electron chi connectivity index (χ2n) is 5.86. The van der Waals surface area contributed by atoms with Crippen LogP contribution in [-0.4, -0.2) is 44.5 Å². The molecule has 3 rings (SSSR count). The van der Waals surface area contributed by atoms with Gasteiger partial charge in [-0.3, -0.25) is 4.79 Å². The molecule has 2 unspecified atom stereocenters. The van der Waals surface area contributed by atoms with Crippen LogP contribution >= 0.6 is 0 Å². The van der Waals surface area contributed by atoms with Crippen molar-refractivity contribution in [3.63, 3.8) is 0 Å². The molecule has 0 aromatic carbocycles. The van der Waals surface area contributed by atoms with Gasteiger partial charge in [0.25, 0.3) is 0 Å². The quantitative estimate of drug-likeness (QED) is 0.930. The van der Waals surface area contributed by atoms with Crippen LogP contribution in [0.5, 0.6) is 0 Å². The number of carbonyl (C=O) groups excluding carboxylic acids is 1. The molecule has 2 aromatic rings. The van der Waals surface area contributed by atoms with Gasteiger partial charge < -0.3 is 14.4 Å². The Morgan fingerprint density at radius 3 is 3.14 bits per heavy atom. The SMILES string of the molecule is CC(O)C1CCCN(C(=O)Cc2cn3ccccc3n2)C1. The number of fused-ring (bicyclic) bond motifs is 1. The highest BCUT2D eigenvalue weighted by molar-refractivity contribution is 5.78. The van der Waals surface area contributed by atoms with Crippen molar-refractivity contribution in [3.8, 4) is 0 Å². The monoisotopic (exact) mass is 287 g/mol. The number of hydrogen-bond donors (Lipinski definition) is 1. The Bertz CT molecular complexity index is 602. The van der Waals surface area contributed by atoms with Gasteiger partial charge in [0.05, 0.1) is 18.2 Å². The van der Waals surface area contributed by atoms with E-state index in [2.05, 4.69) is 4.98 Å². The third-order valence-electron chi connectivity index (χ3n) is 4.24. The maximum atomic E-state index is 12.4. The van der Waals surface area contributed by atoms with Crippen LogP contribution in [0, 0.1) is 5.92 Å². The Morgan fingerprint density at radius 1 is 1.52 bits per heavy atom. The van der Waals surface area contributed by atoms with E-state index < -0.39 is 0 Å². The molecule has 0 aliphatic carbocycles. The average Bonchev–Trinajstić information content (AvgIpc) is 2.89. The van der Waals surface area contributed by atoms with Crippen LogP contribution in [0.2, 0.25) is 0 Å². The first-order valence-electron chi connectivity index (χ1n) is 7.52. The Balaban J connectivity index is 1.68. The number of nitrogens with zero attached hydrogens (tertiary/aromatic N) is 3. The summed E-state index contributed by atoms with van der Waals surface area (Å²) in [5.74, 6) is 0.299. The van der Waals surface area contributed by atoms with Crippen molar-refractivity contribution in [1.29, 1.82) is 0 Å². The van der Waals surface area contributed by atoms with Crippen molar-refractivity contribution in [2.45, 2.75) is 32.3 Å². The molecule has 1 N–H and O–H groups in total. The van der Waals surface area contributed by atoms with E-state index in [-0.39, 0.29) is 17.9 Å². The van der Waals surface area contributed by atoms with Crippen LogP contribution in [0.25, 0.3) is 5.65 Å². The number of aliphatic hydroxyl groups excluding tert-OH is 1. The van der Waals surface area contributed by atoms with Crippen LogP contribution in [0.4, 0.5) is 0 Å². The van der Waals surface area contributed by atoms with Gasteiger partial charge in [0.15, 0.2) is 0 Å². The zero-order valence-corrected chi connectivity index (χ0v) is 12.3. The van der Waals surface area contributed by atoms with Gasteiger partial charge in [-0.1, -0.05) is 6.07 Å². The third-order valence-corrected chi connectivity index (χ3v) is 4.24. The lowest BCUT2D eigenvalue weighted by molar-refractivity contribution is -0.133. The molecule has 21 heavy (non-hydrogen) atoms. The molecule has 2 atom stereocenters. The molecule has 0 radical (unpaired) electrons. The largest absolute Gasteiger partial charge is 0.393 e. The molecule has 1 amide bonds. The number of carbonyl (C=O) groups is 1. The van der Waals surface area contributed by atoms with Crippen LogP contribution in [-0.2, 0) is 11.2 Å². The minimum absolute atomic E-state index is 0.101. The zero-order chi connectivity index (χ0) is 14.8. The summed E-state index contributed by atoms with van der Waals surface area (Å²) in [6.07, 6.45) is 5.77. The number of piperidine rings is 1. The van der Waals surface area contributed by atoms with Crippen LogP contribution in [0.1, 0.15) is 25.5 Å². The summed E-state index contributed by atoms with van der Waals surface area (Å²) in [6.45, 7) is 3.25. The minimum atomic E-state index is -0.351. The fraction of sp³-hybridized carbons (Fsp3) is 0.500. The van der Waals surface area contributed by atoms with E-state index in [1.165, 1.54) is 0 Å². The Labute approximate surface area is 124 Å². The van der Waals surface area contributed by atoms with E-state index in [1.54, 1.807) is 6.92 Å². The Kier molecular flexibility index (Phi) is 3.92. The van der Waals surface area contributed by atoms with Crippen molar-refractivity contribution in [2.75, 3.05) is 13.1 Å². The number of imidazole rings is 1. The number of rotatable bonds is 3. The molecule has 0 spiro atoms. The predicted octanol–water partition coefficient (Wildman–Crippen LogP) is 1.50. The lowest BCUT2D eigenvalue weighted by Crippen LogP contribution is -2.43. The van der Waals surface area contributed by atoms with Gasteiger partial charge in [0, 0.05) is 31.4 Å². The standard InChI is InChI=1S/C16H21N3O2/c1-12(20)13-5-4-8-19(10-13)16(21)9-14-11-18-7-3-2-6-15(18)17-14/h2-3,6-7,11-13,20H,4-5,8-10H2,1H3. The van der Waals surface area contributed by atoms with Gasteiger partial charge in [-0.2, -0.15) is 0 Å². The lowest BCUT2D eigenvalue weighted by Gasteiger charge is -2.34. The molecule has 1 fully saturated rings. The summed E-state index contributed by atoms with van der Waals surface area (Å²) in [4.78, 5) is 18.7. The molecule has 1 aliphatic rings. The van der Waals surface area contributed by atoms with Gasteiger partial charge >= 0.3 is 0 Å². The van der Waals surface area contributed by atoms with E-state index >= 15 is 0 Å². The van der Waals surface area contributed by atoms with E-state index in [1.807, 2.05) is 39.9 Å². The second-order valence-corrected chi connectivity index (χ2v) is 5.86. The smallest absolute Gasteiger partial charge is 0.228 e.